The van der Waals surface area contributed by atoms with E-state index in [9.17, 15) is 4.79 Å². The summed E-state index contributed by atoms with van der Waals surface area (Å²) >= 11 is 4.61. The number of hydrogen-bond donors (Lipinski definition) is 1. The van der Waals surface area contributed by atoms with E-state index in [4.69, 9.17) is 5.73 Å². The summed E-state index contributed by atoms with van der Waals surface area (Å²) < 4.78 is 5.36. The first-order valence-corrected chi connectivity index (χ1v) is 4.07. The summed E-state index contributed by atoms with van der Waals surface area (Å²) in [6, 6.07) is 1.67. The van der Waals surface area contributed by atoms with Crippen molar-refractivity contribution in [2.75, 3.05) is 0 Å². The van der Waals surface area contributed by atoms with Crippen LogP contribution < -0.4 is 10.5 Å². The summed E-state index contributed by atoms with van der Waals surface area (Å²) in [4.78, 5) is 10.2. The smallest absolute Gasteiger partial charge is 0.408 e. The maximum atomic E-state index is 10.2. The van der Waals surface area contributed by atoms with Gasteiger partial charge in [0.25, 0.3) is 0 Å². The highest BCUT2D eigenvalue weighted by molar-refractivity contribution is 9.11. The highest BCUT2D eigenvalue weighted by atomic mass is 79.9. The van der Waals surface area contributed by atoms with E-state index in [2.05, 4.69) is 20.7 Å². The summed E-state index contributed by atoms with van der Waals surface area (Å²) in [5.74, 6) is 0.470. The second kappa shape index (κ2) is 3.03. The molecule has 0 radical (unpaired) electrons. The summed E-state index contributed by atoms with van der Waals surface area (Å²) in [6.07, 6.45) is -0.793. The average Bonchev–Trinajstić information content (AvgIpc) is 2.15. The first kappa shape index (κ1) is 7.56. The standard InChI is InChI=1S/C5H4BrNO2S/c6-4-3(1-2-10-4)9-5(7)8/h1-2H,(H2,7,8). The molecule has 10 heavy (non-hydrogen) atoms. The number of hydrogen-bond acceptors (Lipinski definition) is 3. The fourth-order valence-electron chi connectivity index (χ4n) is 0.462. The third-order valence-electron chi connectivity index (χ3n) is 0.795. The number of nitrogens with two attached hydrogens (primary N) is 1. The van der Waals surface area contributed by atoms with Gasteiger partial charge in [-0.2, -0.15) is 0 Å². The molecule has 1 heterocycles. The Balaban J connectivity index is 2.74. The predicted molar refractivity (Wildman–Crippen MR) is 42.2 cm³/mol. The quantitative estimate of drug-likeness (QED) is 0.789. The maximum Gasteiger partial charge on any atom is 0.410 e. The number of carbonyl (C=O) groups is 1. The lowest BCUT2D eigenvalue weighted by molar-refractivity contribution is 0.211. The molecule has 5 heteroatoms. The minimum atomic E-state index is -0.793. The van der Waals surface area contributed by atoms with Gasteiger partial charge in [-0.3, -0.25) is 0 Å². The van der Waals surface area contributed by atoms with Crippen molar-refractivity contribution in [3.8, 4) is 5.75 Å². The molecule has 1 rings (SSSR count). The molecular formula is C5H4BrNO2S. The second-order valence-corrected chi connectivity index (χ2v) is 3.71. The van der Waals surface area contributed by atoms with Gasteiger partial charge in [-0.25, -0.2) is 4.79 Å². The molecule has 54 valence electrons. The van der Waals surface area contributed by atoms with Crippen LogP contribution >= 0.6 is 27.3 Å². The molecule has 3 nitrogen and oxygen atoms in total. The first-order chi connectivity index (χ1) is 4.70. The third-order valence-corrected chi connectivity index (χ3v) is 2.43. The van der Waals surface area contributed by atoms with E-state index in [0.717, 1.165) is 3.79 Å². The number of primary amides is 1. The van der Waals surface area contributed by atoms with Gasteiger partial charge in [0.1, 0.15) is 3.79 Å². The Hall–Kier alpha value is -0.550. The molecular weight excluding hydrogens is 218 g/mol. The molecule has 0 spiro atoms. The number of amides is 1. The van der Waals surface area contributed by atoms with Crippen LogP contribution in [0.3, 0.4) is 0 Å². The van der Waals surface area contributed by atoms with E-state index in [1.165, 1.54) is 11.3 Å². The van der Waals surface area contributed by atoms with Crippen LogP contribution in [0.25, 0.3) is 0 Å². The van der Waals surface area contributed by atoms with Crippen molar-refractivity contribution in [2.24, 2.45) is 5.73 Å². The SMILES string of the molecule is NC(=O)Oc1ccsc1Br. The second-order valence-electron chi connectivity index (χ2n) is 1.48. The van der Waals surface area contributed by atoms with E-state index in [-0.39, 0.29) is 0 Å². The Morgan fingerprint density at radius 2 is 2.50 bits per heavy atom. The van der Waals surface area contributed by atoms with Crippen LogP contribution in [-0.2, 0) is 0 Å². The monoisotopic (exact) mass is 221 g/mol. The van der Waals surface area contributed by atoms with Gasteiger partial charge in [-0.15, -0.1) is 11.3 Å². The fraction of sp³-hybridized carbons (Fsp3) is 0. The van der Waals surface area contributed by atoms with Gasteiger partial charge >= 0.3 is 6.09 Å². The van der Waals surface area contributed by atoms with Crippen LogP contribution in [0.1, 0.15) is 0 Å². The van der Waals surface area contributed by atoms with Crippen LogP contribution in [0, 0.1) is 0 Å². The topological polar surface area (TPSA) is 52.3 Å². The van der Waals surface area contributed by atoms with Crippen LogP contribution in [0.2, 0.25) is 0 Å². The van der Waals surface area contributed by atoms with Crippen molar-refractivity contribution in [1.29, 1.82) is 0 Å². The van der Waals surface area contributed by atoms with Crippen molar-refractivity contribution in [3.63, 3.8) is 0 Å². The van der Waals surface area contributed by atoms with Crippen molar-refractivity contribution in [1.82, 2.24) is 0 Å². The molecule has 0 atom stereocenters. The minimum Gasteiger partial charge on any atom is -0.408 e. The van der Waals surface area contributed by atoms with Gasteiger partial charge in [0.2, 0.25) is 0 Å². The summed E-state index contributed by atoms with van der Waals surface area (Å²) in [5, 5.41) is 1.79. The summed E-state index contributed by atoms with van der Waals surface area (Å²) in [5.41, 5.74) is 4.78. The number of carbonyl (C=O) groups excluding carboxylic acids is 1. The minimum absolute atomic E-state index is 0.470. The molecule has 0 aromatic carbocycles. The van der Waals surface area contributed by atoms with E-state index >= 15 is 0 Å². The van der Waals surface area contributed by atoms with Crippen molar-refractivity contribution >= 4 is 33.4 Å². The molecule has 0 saturated carbocycles. The zero-order valence-electron chi connectivity index (χ0n) is 4.83. The molecule has 1 amide bonds. The van der Waals surface area contributed by atoms with Crippen LogP contribution in [0.4, 0.5) is 4.79 Å². The lowest BCUT2D eigenvalue weighted by Gasteiger charge is -1.95. The highest BCUT2D eigenvalue weighted by Gasteiger charge is 2.03. The molecule has 0 saturated heterocycles. The number of thiophene rings is 1. The Kier molecular flexibility index (Phi) is 2.29. The van der Waals surface area contributed by atoms with Gasteiger partial charge in [-0.1, -0.05) is 0 Å². The zero-order valence-corrected chi connectivity index (χ0v) is 7.24. The number of rotatable bonds is 1. The van der Waals surface area contributed by atoms with Crippen LogP contribution in [0.5, 0.6) is 5.75 Å². The number of ether oxygens (including phenoxy) is 1. The molecule has 0 fully saturated rings. The Morgan fingerprint density at radius 3 is 2.90 bits per heavy atom. The molecule has 0 unspecified atom stereocenters. The molecule has 0 bridgehead atoms. The van der Waals surface area contributed by atoms with E-state index in [0.29, 0.717) is 5.75 Å². The average molecular weight is 222 g/mol. The maximum absolute atomic E-state index is 10.2. The van der Waals surface area contributed by atoms with Crippen molar-refractivity contribution < 1.29 is 9.53 Å². The van der Waals surface area contributed by atoms with Gasteiger partial charge < -0.3 is 10.5 Å². The van der Waals surface area contributed by atoms with Crippen LogP contribution in [0.15, 0.2) is 15.2 Å². The first-order valence-electron chi connectivity index (χ1n) is 2.40. The zero-order chi connectivity index (χ0) is 7.56. The fourth-order valence-corrected chi connectivity index (χ4v) is 1.54. The molecule has 0 aliphatic rings. The van der Waals surface area contributed by atoms with Crippen molar-refractivity contribution in [2.45, 2.75) is 0 Å². The Morgan fingerprint density at radius 1 is 1.80 bits per heavy atom. The Bertz CT molecular complexity index is 248. The lowest BCUT2D eigenvalue weighted by atomic mass is 10.6. The van der Waals surface area contributed by atoms with Crippen LogP contribution in [-0.4, -0.2) is 6.09 Å². The van der Waals surface area contributed by atoms with Gasteiger partial charge in [0, 0.05) is 0 Å². The van der Waals surface area contributed by atoms with Gasteiger partial charge in [-0.05, 0) is 27.4 Å². The molecule has 0 aliphatic heterocycles. The third kappa shape index (κ3) is 1.71. The molecule has 1 aromatic rings. The lowest BCUT2D eigenvalue weighted by Crippen LogP contribution is -2.15. The van der Waals surface area contributed by atoms with Gasteiger partial charge in [0.05, 0.1) is 0 Å². The predicted octanol–water partition coefficient (Wildman–Crippen LogP) is 1.97. The van der Waals surface area contributed by atoms with E-state index in [1.54, 1.807) is 11.4 Å². The molecule has 0 aliphatic carbocycles. The molecule has 2 N–H and O–H groups in total. The number of halogens is 1. The van der Waals surface area contributed by atoms with Crippen molar-refractivity contribution in [3.05, 3.63) is 15.2 Å². The summed E-state index contributed by atoms with van der Waals surface area (Å²) in [6.45, 7) is 0. The van der Waals surface area contributed by atoms with E-state index in [1.807, 2.05) is 0 Å². The largest absolute Gasteiger partial charge is 0.410 e. The van der Waals surface area contributed by atoms with Gasteiger partial charge in [0.15, 0.2) is 5.75 Å². The Labute approximate surface area is 69.9 Å². The van der Waals surface area contributed by atoms with E-state index < -0.39 is 6.09 Å². The summed E-state index contributed by atoms with van der Waals surface area (Å²) in [7, 11) is 0. The normalized spacial score (nSPS) is 9.30. The molecule has 1 aromatic heterocycles. The highest BCUT2D eigenvalue weighted by Crippen LogP contribution is 2.30.